The Hall–Kier alpha value is -6.15. The molecule has 2 saturated heterocycles. The highest BCUT2D eigenvalue weighted by Crippen LogP contribution is 2.43. The van der Waals surface area contributed by atoms with Crippen LogP contribution in [0.3, 0.4) is 0 Å². The molecule has 8 heterocycles. The van der Waals surface area contributed by atoms with E-state index in [1.165, 1.54) is 68.4 Å². The third-order valence-corrected chi connectivity index (χ3v) is 20.9. The van der Waals surface area contributed by atoms with Crippen LogP contribution < -0.4 is 10.1 Å². The maximum absolute atomic E-state index is 12.8. The number of methoxy groups -OCH3 is 1. The summed E-state index contributed by atoms with van der Waals surface area (Å²) in [5.41, 5.74) is 8.40. The lowest BCUT2D eigenvalue weighted by Gasteiger charge is -2.36. The van der Waals surface area contributed by atoms with Crippen molar-refractivity contribution < 1.29 is 31.5 Å². The maximum atomic E-state index is 12.8. The van der Waals surface area contributed by atoms with Crippen molar-refractivity contribution in [1.29, 1.82) is 0 Å². The van der Waals surface area contributed by atoms with Gasteiger partial charge in [0, 0.05) is 114 Å². The van der Waals surface area contributed by atoms with E-state index < -0.39 is 15.8 Å². The van der Waals surface area contributed by atoms with Gasteiger partial charge in [-0.3, -0.25) is 4.68 Å². The molecule has 1 amide bonds. The first-order valence-electron chi connectivity index (χ1n) is 43.1. The second-order valence-electron chi connectivity index (χ2n) is 44.5. The molecule has 6 aromatic heterocycles. The van der Waals surface area contributed by atoms with Gasteiger partial charge in [-0.05, 0) is 226 Å². The summed E-state index contributed by atoms with van der Waals surface area (Å²) >= 11 is 0. The van der Waals surface area contributed by atoms with Gasteiger partial charge < -0.3 is 28.8 Å². The molecular weight excluding hydrogens is 1470 g/mol. The number of nitrogens with one attached hydrogen (secondary N) is 1. The van der Waals surface area contributed by atoms with Crippen molar-refractivity contribution >= 4 is 15.9 Å². The van der Waals surface area contributed by atoms with Gasteiger partial charge in [0.1, 0.15) is 17.8 Å². The standard InChI is InChI=1S/C16H31NO2.C12H19NO2S.C11H17NO.C11H23N.C10H18F2.3C9H16N2.C9H14N2/c1-15(2,3)10-7-13-8-11-17(12-9-13)14(18)19-16(4,5)6;1-5-16(14,15)11-8-6-7-10(13-11)9-12(2,3)4;1-11(2,3)7-9-5-6-10(13-4)12-8-9;1-11(2,3)7-4-10-5-8-12-9-6-10;1-9(2,3)8-4-6-10(11,12)7-5-8;1-9(2,3)5-8-6-10-7-11(8)4;1-9(2,3)5-8-6-10-11(4)7-8;1-9(2,3)7-8-10-5-6-11(8)4;1-9(2,3)6-8-4-5-10-7-11-8/h13H,7-12H2,1-6H3;6-8H,5,9H2,1-4H3;5-6,8H,7H2,1-4H3;10,12H,4-9H2,1-3H3;8H,4-7H2,1-3H3;2*6-7H,5H2,1-4H3;5-6H,7H2,1-4H3;4-5,7H,6H2,1-3H3. The SMILES string of the molecule is CC(C)(C)C1CCC(F)(F)CC1.CC(C)(C)CCC1CCN(C(=O)OC(C)(C)C)CC1.CC(C)(C)CCC1CCNCC1.CC(C)(C)Cc1ccncn1.CCS(=O)(=O)c1cccc(CC(C)(C)C)n1.COc1ccc(CC(C)(C)C)cn1.Cn1cc(CC(C)(C)C)cn1.Cn1ccnc1CC(C)(C)C.Cn1cncc1CC(C)(C)C. The van der Waals surface area contributed by atoms with E-state index in [0.717, 1.165) is 93.5 Å². The first kappa shape index (κ1) is 108. The minimum absolute atomic E-state index is 0.0922. The first-order chi connectivity index (χ1) is 52.7. The molecule has 0 atom stereocenters. The fourth-order valence-electron chi connectivity index (χ4n) is 13.0. The van der Waals surface area contributed by atoms with Crippen LogP contribution in [0.25, 0.3) is 0 Å². The molecule has 3 aliphatic rings. The number of amides is 1. The van der Waals surface area contributed by atoms with Crippen LogP contribution in [0.15, 0.2) is 97.5 Å². The number of carbonyl (C=O) groups excluding carboxylic acids is 1. The zero-order chi connectivity index (χ0) is 89.2. The number of carbonyl (C=O) groups is 1. The van der Waals surface area contributed by atoms with Crippen LogP contribution >= 0.6 is 0 Å². The van der Waals surface area contributed by atoms with Crippen molar-refractivity contribution in [2.45, 2.75) is 347 Å². The molecule has 116 heavy (non-hydrogen) atoms. The lowest BCUT2D eigenvalue weighted by Crippen LogP contribution is -2.41. The number of imidazole rings is 2. The summed E-state index contributed by atoms with van der Waals surface area (Å²) < 4.78 is 65.2. The van der Waals surface area contributed by atoms with Gasteiger partial charge >= 0.3 is 6.09 Å². The molecule has 2 aliphatic heterocycles. The van der Waals surface area contributed by atoms with Crippen LogP contribution in [-0.4, -0.2) is 119 Å². The molecule has 17 nitrogen and oxygen atoms in total. The molecule has 1 aliphatic carbocycles. The average Bonchev–Trinajstić information content (AvgIpc) is 1.07. The van der Waals surface area contributed by atoms with Crippen molar-refractivity contribution in [1.82, 2.24) is 59.0 Å². The Morgan fingerprint density at radius 2 is 1.05 bits per heavy atom. The van der Waals surface area contributed by atoms with Crippen LogP contribution in [-0.2, 0) is 74.2 Å². The van der Waals surface area contributed by atoms with Gasteiger partial charge in [0.05, 0.1) is 25.4 Å². The number of sulfone groups is 1. The molecule has 6 aromatic rings. The zero-order valence-electron chi connectivity index (χ0n) is 80.3. The number of hydrogen-bond donors (Lipinski definition) is 1. The third-order valence-electron chi connectivity index (χ3n) is 19.3. The summed E-state index contributed by atoms with van der Waals surface area (Å²) in [6, 6.07) is 11.1. The van der Waals surface area contributed by atoms with Gasteiger partial charge in [-0.2, -0.15) is 5.10 Å². The van der Waals surface area contributed by atoms with E-state index in [2.05, 4.69) is 249 Å². The highest BCUT2D eigenvalue weighted by Gasteiger charge is 2.39. The lowest BCUT2D eigenvalue weighted by atomic mass is 9.71. The zero-order valence-corrected chi connectivity index (χ0v) is 81.1. The average molecular weight is 1640 g/mol. The van der Waals surface area contributed by atoms with E-state index in [-0.39, 0.29) is 46.1 Å². The van der Waals surface area contributed by atoms with E-state index in [9.17, 15) is 22.0 Å². The predicted octanol–water partition coefficient (Wildman–Crippen LogP) is 24.4. The van der Waals surface area contributed by atoms with Crippen LogP contribution in [0.1, 0.15) is 326 Å². The maximum Gasteiger partial charge on any atom is 0.410 e. The number of nitrogens with zero attached hydrogens (tertiary/aromatic N) is 11. The number of aryl methyl sites for hydroxylation is 3. The fourth-order valence-corrected chi connectivity index (χ4v) is 13.9. The largest absolute Gasteiger partial charge is 0.481 e. The number of piperidine rings is 2. The molecule has 0 bridgehead atoms. The molecule has 0 aromatic carbocycles. The molecule has 9 rings (SSSR count). The molecule has 664 valence electrons. The Bertz CT molecular complexity index is 3660. The van der Waals surface area contributed by atoms with Crippen molar-refractivity contribution in [2.24, 2.45) is 87.6 Å². The van der Waals surface area contributed by atoms with Gasteiger partial charge in [0.15, 0.2) is 14.9 Å². The predicted molar refractivity (Wildman–Crippen MR) is 483 cm³/mol. The first-order valence-corrected chi connectivity index (χ1v) is 44.8. The highest BCUT2D eigenvalue weighted by molar-refractivity contribution is 7.91. The van der Waals surface area contributed by atoms with E-state index >= 15 is 0 Å². The van der Waals surface area contributed by atoms with Crippen molar-refractivity contribution in [3.05, 3.63) is 126 Å². The Morgan fingerprint density at radius 1 is 0.543 bits per heavy atom. The van der Waals surface area contributed by atoms with E-state index in [0.29, 0.717) is 62.5 Å². The Balaban J connectivity index is 0.000000657. The van der Waals surface area contributed by atoms with Gasteiger partial charge in [0.25, 0.3) is 0 Å². The second-order valence-corrected chi connectivity index (χ2v) is 46.7. The van der Waals surface area contributed by atoms with Crippen molar-refractivity contribution in [3.63, 3.8) is 0 Å². The molecule has 3 fully saturated rings. The third kappa shape index (κ3) is 55.6. The minimum atomic E-state index is -3.19. The number of pyridine rings is 2. The molecule has 1 N–H and O–H groups in total. The molecule has 1 saturated carbocycles. The van der Waals surface area contributed by atoms with E-state index in [1.807, 2.05) is 107 Å². The van der Waals surface area contributed by atoms with Crippen LogP contribution in [0.5, 0.6) is 5.88 Å². The lowest BCUT2D eigenvalue weighted by molar-refractivity contribution is -0.0583. The molecular formula is C96H170F2N12O5S. The number of aromatic nitrogens is 10. The number of ether oxygens (including phenoxy) is 2. The monoisotopic (exact) mass is 1640 g/mol. The topological polar surface area (TPSA) is 190 Å². The number of alkyl halides is 2. The fraction of sp³-hybridized carbons (Fsp3) is 0.750. The summed E-state index contributed by atoms with van der Waals surface area (Å²) in [7, 11) is 4.47. The Labute approximate surface area is 708 Å². The van der Waals surface area contributed by atoms with Crippen molar-refractivity contribution in [2.75, 3.05) is 39.0 Å². The summed E-state index contributed by atoms with van der Waals surface area (Å²) in [4.78, 5) is 38.5. The summed E-state index contributed by atoms with van der Waals surface area (Å²) in [6.45, 7) is 71.6. The van der Waals surface area contributed by atoms with Crippen LogP contribution in [0.2, 0.25) is 0 Å². The van der Waals surface area contributed by atoms with E-state index in [1.54, 1.807) is 38.7 Å². The molecule has 0 radical (unpaired) electrons. The van der Waals surface area contributed by atoms with Gasteiger partial charge in [-0.25, -0.2) is 51.9 Å². The minimum Gasteiger partial charge on any atom is -0.481 e. The summed E-state index contributed by atoms with van der Waals surface area (Å²) in [5, 5.41) is 7.72. The molecule has 0 spiro atoms. The number of halogens is 2. The summed E-state index contributed by atoms with van der Waals surface area (Å²) in [6.07, 6.45) is 34.8. The highest BCUT2D eigenvalue weighted by atomic mass is 32.2. The smallest absolute Gasteiger partial charge is 0.410 e. The molecule has 0 unspecified atom stereocenters. The molecule has 20 heteroatoms. The Morgan fingerprint density at radius 3 is 1.45 bits per heavy atom. The van der Waals surface area contributed by atoms with Gasteiger partial charge in [0.2, 0.25) is 11.8 Å². The van der Waals surface area contributed by atoms with E-state index in [4.69, 9.17) is 9.47 Å². The van der Waals surface area contributed by atoms with Crippen LogP contribution in [0.4, 0.5) is 13.6 Å². The van der Waals surface area contributed by atoms with Crippen LogP contribution in [0, 0.1) is 66.5 Å². The number of hydrogen-bond acceptors (Lipinski definition) is 13. The van der Waals surface area contributed by atoms with Crippen molar-refractivity contribution in [3.8, 4) is 5.88 Å². The quantitative estimate of drug-likeness (QED) is 0.115. The van der Waals surface area contributed by atoms with Gasteiger partial charge in [-0.15, -0.1) is 0 Å². The summed E-state index contributed by atoms with van der Waals surface area (Å²) in [5.74, 6) is 1.83. The Kier molecular flexibility index (Phi) is 44.9. The number of rotatable bonds is 13. The normalized spacial score (nSPS) is 15.4. The number of likely N-dealkylation sites (tertiary alicyclic amines) is 1. The second kappa shape index (κ2) is 48.3. The van der Waals surface area contributed by atoms with Gasteiger partial charge in [-0.1, -0.05) is 206 Å².